The van der Waals surface area contributed by atoms with Crippen LogP contribution in [0.4, 0.5) is 5.69 Å². The molecule has 0 spiro atoms. The number of carbonyl (C=O) groups excluding carboxylic acids is 2. The van der Waals surface area contributed by atoms with E-state index in [0.29, 0.717) is 29.3 Å². The highest BCUT2D eigenvalue weighted by Crippen LogP contribution is 2.17. The zero-order valence-electron chi connectivity index (χ0n) is 18.8. The van der Waals surface area contributed by atoms with E-state index >= 15 is 0 Å². The van der Waals surface area contributed by atoms with Crippen molar-refractivity contribution in [2.45, 2.75) is 12.7 Å². The second-order valence-electron chi connectivity index (χ2n) is 7.39. The molecule has 0 bridgehead atoms. The van der Waals surface area contributed by atoms with E-state index in [4.69, 9.17) is 9.47 Å². The summed E-state index contributed by atoms with van der Waals surface area (Å²) in [6.07, 6.45) is 0. The summed E-state index contributed by atoms with van der Waals surface area (Å²) in [5, 5.41) is 5.68. The number of carbonyl (C=O) groups is 2. The fraction of sp³-hybridized carbons (Fsp3) is 0.231. The Kier molecular flexibility index (Phi) is 9.20. The summed E-state index contributed by atoms with van der Waals surface area (Å²) in [5.41, 5.74) is 3.72. The van der Waals surface area contributed by atoms with Crippen LogP contribution in [0.5, 0.6) is 11.5 Å². The minimum Gasteiger partial charge on any atom is -0.497 e. The van der Waals surface area contributed by atoms with Crippen LogP contribution in [0.2, 0.25) is 0 Å². The van der Waals surface area contributed by atoms with Crippen LogP contribution < -0.4 is 20.1 Å². The van der Waals surface area contributed by atoms with Crippen LogP contribution in [-0.2, 0) is 10.5 Å². The molecule has 0 unspecified atom stereocenters. The Labute approximate surface area is 198 Å². The molecule has 2 amide bonds. The fourth-order valence-electron chi connectivity index (χ4n) is 2.96. The van der Waals surface area contributed by atoms with E-state index in [2.05, 4.69) is 41.8 Å². The largest absolute Gasteiger partial charge is 0.497 e. The summed E-state index contributed by atoms with van der Waals surface area (Å²) in [6, 6.07) is 22.3. The average molecular weight is 465 g/mol. The number of hydrogen-bond donors (Lipinski definition) is 2. The van der Waals surface area contributed by atoms with Crippen molar-refractivity contribution in [3.63, 3.8) is 0 Å². The van der Waals surface area contributed by atoms with E-state index in [1.165, 1.54) is 11.1 Å². The molecule has 3 aromatic rings. The van der Waals surface area contributed by atoms with Crippen molar-refractivity contribution >= 4 is 29.3 Å². The van der Waals surface area contributed by atoms with Gasteiger partial charge in [0.1, 0.15) is 11.5 Å². The van der Waals surface area contributed by atoms with Gasteiger partial charge in [-0.2, -0.15) is 11.8 Å². The molecule has 0 fully saturated rings. The molecule has 0 radical (unpaired) electrons. The number of hydrogen-bond acceptors (Lipinski definition) is 5. The molecule has 6 nitrogen and oxygen atoms in total. The molecule has 0 atom stereocenters. The number of thioether (sulfide) groups is 1. The van der Waals surface area contributed by atoms with Gasteiger partial charge in [-0.1, -0.05) is 35.9 Å². The number of nitrogens with one attached hydrogen (secondary N) is 2. The van der Waals surface area contributed by atoms with E-state index in [1.54, 1.807) is 67.4 Å². The Balaban J connectivity index is 1.35. The summed E-state index contributed by atoms with van der Waals surface area (Å²) in [6.45, 7) is 2.53. The molecule has 0 saturated heterocycles. The first-order chi connectivity index (χ1) is 16.0. The Morgan fingerprint density at radius 3 is 2.42 bits per heavy atom. The van der Waals surface area contributed by atoms with Gasteiger partial charge in [0.25, 0.3) is 11.8 Å². The van der Waals surface area contributed by atoms with E-state index in [-0.39, 0.29) is 18.4 Å². The molecule has 2 N–H and O–H groups in total. The fourth-order valence-corrected chi connectivity index (χ4v) is 3.78. The lowest BCUT2D eigenvalue weighted by Gasteiger charge is -2.09. The van der Waals surface area contributed by atoms with Gasteiger partial charge in [0.15, 0.2) is 6.61 Å². The molecule has 7 heteroatoms. The summed E-state index contributed by atoms with van der Waals surface area (Å²) in [4.78, 5) is 24.4. The van der Waals surface area contributed by atoms with E-state index in [0.717, 1.165) is 11.5 Å². The smallest absolute Gasteiger partial charge is 0.262 e. The molecule has 3 aromatic carbocycles. The Bertz CT molecular complexity index is 1050. The lowest BCUT2D eigenvalue weighted by molar-refractivity contribution is -0.118. The third-order valence-electron chi connectivity index (χ3n) is 4.76. The first-order valence-electron chi connectivity index (χ1n) is 10.6. The van der Waals surface area contributed by atoms with Crippen molar-refractivity contribution in [2.75, 3.05) is 31.3 Å². The lowest BCUT2D eigenvalue weighted by atomic mass is 10.2. The molecule has 33 heavy (non-hydrogen) atoms. The van der Waals surface area contributed by atoms with Crippen molar-refractivity contribution in [3.8, 4) is 11.5 Å². The summed E-state index contributed by atoms with van der Waals surface area (Å²) in [5.74, 6) is 2.52. The van der Waals surface area contributed by atoms with Gasteiger partial charge in [0.2, 0.25) is 0 Å². The minimum atomic E-state index is -0.284. The maximum atomic E-state index is 12.3. The Morgan fingerprint density at radius 2 is 1.70 bits per heavy atom. The third kappa shape index (κ3) is 8.20. The molecule has 0 aliphatic carbocycles. The van der Waals surface area contributed by atoms with Crippen molar-refractivity contribution < 1.29 is 19.1 Å². The summed E-state index contributed by atoms with van der Waals surface area (Å²) >= 11 is 1.78. The van der Waals surface area contributed by atoms with E-state index in [1.807, 2.05) is 0 Å². The highest BCUT2D eigenvalue weighted by molar-refractivity contribution is 7.98. The Morgan fingerprint density at radius 1 is 0.939 bits per heavy atom. The number of rotatable bonds is 11. The van der Waals surface area contributed by atoms with Crippen molar-refractivity contribution in [3.05, 3.63) is 89.5 Å². The van der Waals surface area contributed by atoms with Crippen LogP contribution in [0.15, 0.2) is 72.8 Å². The highest BCUT2D eigenvalue weighted by atomic mass is 32.2. The molecule has 0 aromatic heterocycles. The summed E-state index contributed by atoms with van der Waals surface area (Å²) < 4.78 is 10.7. The van der Waals surface area contributed by atoms with Crippen molar-refractivity contribution in [1.29, 1.82) is 0 Å². The quantitative estimate of drug-likeness (QED) is 0.403. The molecule has 172 valence electrons. The zero-order valence-corrected chi connectivity index (χ0v) is 19.6. The number of benzene rings is 3. The number of anilines is 1. The van der Waals surface area contributed by atoms with Crippen molar-refractivity contribution in [2.24, 2.45) is 0 Å². The molecular formula is C26H28N2O4S. The molecular weight excluding hydrogens is 436 g/mol. The average Bonchev–Trinajstić information content (AvgIpc) is 2.84. The van der Waals surface area contributed by atoms with E-state index in [9.17, 15) is 9.59 Å². The minimum absolute atomic E-state index is 0.131. The highest BCUT2D eigenvalue weighted by Gasteiger charge is 2.07. The maximum Gasteiger partial charge on any atom is 0.262 e. The van der Waals surface area contributed by atoms with Gasteiger partial charge < -0.3 is 20.1 Å². The third-order valence-corrected chi connectivity index (χ3v) is 5.79. The van der Waals surface area contributed by atoms with Gasteiger partial charge in [-0.3, -0.25) is 9.59 Å². The van der Waals surface area contributed by atoms with Crippen LogP contribution in [0.3, 0.4) is 0 Å². The first kappa shape index (κ1) is 24.2. The molecule has 0 saturated carbocycles. The van der Waals surface area contributed by atoms with Crippen LogP contribution in [0, 0.1) is 6.92 Å². The van der Waals surface area contributed by atoms with Crippen LogP contribution in [0.25, 0.3) is 0 Å². The second kappa shape index (κ2) is 12.6. The predicted molar refractivity (Wildman–Crippen MR) is 133 cm³/mol. The van der Waals surface area contributed by atoms with Gasteiger partial charge in [0.05, 0.1) is 7.11 Å². The predicted octanol–water partition coefficient (Wildman–Crippen LogP) is 4.68. The number of amides is 2. The van der Waals surface area contributed by atoms with Crippen LogP contribution >= 0.6 is 11.8 Å². The molecule has 0 aliphatic rings. The van der Waals surface area contributed by atoms with Gasteiger partial charge >= 0.3 is 0 Å². The monoisotopic (exact) mass is 464 g/mol. The van der Waals surface area contributed by atoms with Gasteiger partial charge in [-0.25, -0.2) is 0 Å². The van der Waals surface area contributed by atoms with Crippen molar-refractivity contribution in [1.82, 2.24) is 5.32 Å². The molecule has 0 heterocycles. The van der Waals surface area contributed by atoms with Gasteiger partial charge in [-0.05, 0) is 48.9 Å². The van der Waals surface area contributed by atoms with E-state index < -0.39 is 0 Å². The van der Waals surface area contributed by atoms with Gasteiger partial charge in [0, 0.05) is 35.4 Å². The first-order valence-corrected chi connectivity index (χ1v) is 11.8. The molecule has 3 rings (SSSR count). The zero-order chi connectivity index (χ0) is 23.5. The normalized spacial score (nSPS) is 10.4. The second-order valence-corrected chi connectivity index (χ2v) is 8.49. The SMILES string of the molecule is COc1cccc(NC(=O)COc2ccc(C(=O)NCCSCc3ccc(C)cc3)cc2)c1. The standard InChI is InChI=1S/C26H28N2O4S/c1-19-6-8-20(9-7-19)18-33-15-14-27-26(30)21-10-12-23(13-11-21)32-17-25(29)28-22-4-3-5-24(16-22)31-2/h3-13,16H,14-15,17-18H2,1-2H3,(H,27,30)(H,28,29). The Hall–Kier alpha value is -3.45. The number of aryl methyl sites for hydroxylation is 1. The lowest BCUT2D eigenvalue weighted by Crippen LogP contribution is -2.25. The maximum absolute atomic E-state index is 12.3. The number of methoxy groups -OCH3 is 1. The van der Waals surface area contributed by atoms with Crippen LogP contribution in [0.1, 0.15) is 21.5 Å². The molecule has 0 aliphatic heterocycles. The number of ether oxygens (including phenoxy) is 2. The van der Waals surface area contributed by atoms with Crippen LogP contribution in [-0.4, -0.2) is 37.8 Å². The topological polar surface area (TPSA) is 76.7 Å². The summed E-state index contributed by atoms with van der Waals surface area (Å²) in [7, 11) is 1.57. The van der Waals surface area contributed by atoms with Gasteiger partial charge in [-0.15, -0.1) is 0 Å².